The van der Waals surface area contributed by atoms with Crippen molar-refractivity contribution >= 4 is 17.8 Å². The van der Waals surface area contributed by atoms with Crippen molar-refractivity contribution in [1.82, 2.24) is 9.80 Å². The van der Waals surface area contributed by atoms with Crippen LogP contribution in [0.5, 0.6) is 0 Å². The Kier molecular flexibility index (Phi) is 3.47. The molecule has 0 radical (unpaired) electrons. The van der Waals surface area contributed by atoms with Gasteiger partial charge in [0.25, 0.3) is 11.8 Å². The molecule has 2 amide bonds. The molecule has 0 unspecified atom stereocenters. The number of carbonyl (C=O) groups excluding carboxylic acids is 2. The summed E-state index contributed by atoms with van der Waals surface area (Å²) in [5, 5.41) is 8.79. The number of aliphatic carboxylic acids is 1. The predicted molar refractivity (Wildman–Crippen MR) is 74.0 cm³/mol. The normalized spacial score (nSPS) is 18.8. The fraction of sp³-hybridized carbons (Fsp3) is 0.400. The summed E-state index contributed by atoms with van der Waals surface area (Å²) in [5.41, 5.74) is 0.940. The predicted octanol–water partition coefficient (Wildman–Crippen LogP) is 0.689. The molecule has 0 aromatic heterocycles. The highest BCUT2D eigenvalue weighted by atomic mass is 16.4. The number of carboxylic acid groups (broad SMARTS) is 1. The van der Waals surface area contributed by atoms with E-state index in [1.54, 1.807) is 24.3 Å². The average Bonchev–Trinajstić information content (AvgIpc) is 2.66. The number of benzene rings is 1. The number of hydrogen-bond acceptors (Lipinski definition) is 4. The fourth-order valence-electron chi connectivity index (χ4n) is 2.80. The zero-order valence-corrected chi connectivity index (χ0v) is 11.5. The smallest absolute Gasteiger partial charge is 0.309 e. The highest BCUT2D eigenvalue weighted by Crippen LogP contribution is 2.23. The maximum atomic E-state index is 12.1. The first kappa shape index (κ1) is 13.8. The van der Waals surface area contributed by atoms with E-state index in [4.69, 9.17) is 5.11 Å². The Morgan fingerprint density at radius 2 is 1.67 bits per heavy atom. The summed E-state index contributed by atoms with van der Waals surface area (Å²) >= 11 is 0. The third-order valence-corrected chi connectivity index (χ3v) is 4.04. The van der Waals surface area contributed by atoms with Crippen molar-refractivity contribution in [3.63, 3.8) is 0 Å². The van der Waals surface area contributed by atoms with Gasteiger partial charge in [0.2, 0.25) is 0 Å². The Balaban J connectivity index is 1.50. The van der Waals surface area contributed by atoms with Gasteiger partial charge in [-0.1, -0.05) is 12.1 Å². The lowest BCUT2D eigenvalue weighted by Crippen LogP contribution is -2.50. The Labute approximate surface area is 122 Å². The molecule has 0 aliphatic carbocycles. The molecule has 1 saturated heterocycles. The SMILES string of the molecule is O=C(O)C1CN(CCCN2C(=O)c3ccccc3C2=O)C1. The second kappa shape index (κ2) is 5.29. The molecule has 110 valence electrons. The van der Waals surface area contributed by atoms with E-state index in [0.717, 1.165) is 0 Å². The van der Waals surface area contributed by atoms with Crippen LogP contribution in [0.1, 0.15) is 27.1 Å². The number of carboxylic acids is 1. The van der Waals surface area contributed by atoms with Crippen molar-refractivity contribution in [2.45, 2.75) is 6.42 Å². The van der Waals surface area contributed by atoms with Crippen LogP contribution < -0.4 is 0 Å². The summed E-state index contributed by atoms with van der Waals surface area (Å²) in [6, 6.07) is 6.84. The monoisotopic (exact) mass is 288 g/mol. The van der Waals surface area contributed by atoms with Crippen LogP contribution in [0, 0.1) is 5.92 Å². The van der Waals surface area contributed by atoms with Crippen LogP contribution in [-0.4, -0.2) is 58.9 Å². The quantitative estimate of drug-likeness (QED) is 0.807. The van der Waals surface area contributed by atoms with Gasteiger partial charge in [0.15, 0.2) is 0 Å². The topological polar surface area (TPSA) is 77.9 Å². The molecule has 0 saturated carbocycles. The Bertz CT molecular complexity index is 572. The molecule has 2 aliphatic rings. The summed E-state index contributed by atoms with van der Waals surface area (Å²) in [5.74, 6) is -1.50. The molecule has 1 aromatic carbocycles. The molecular weight excluding hydrogens is 272 g/mol. The van der Waals surface area contributed by atoms with Gasteiger partial charge in [-0.05, 0) is 25.1 Å². The molecule has 1 N–H and O–H groups in total. The van der Waals surface area contributed by atoms with E-state index in [0.29, 0.717) is 43.7 Å². The van der Waals surface area contributed by atoms with Crippen molar-refractivity contribution in [2.75, 3.05) is 26.2 Å². The van der Waals surface area contributed by atoms with E-state index in [9.17, 15) is 14.4 Å². The van der Waals surface area contributed by atoms with Crippen LogP contribution in [0.25, 0.3) is 0 Å². The number of likely N-dealkylation sites (tertiary alicyclic amines) is 1. The maximum Gasteiger partial charge on any atom is 0.309 e. The van der Waals surface area contributed by atoms with Gasteiger partial charge in [-0.25, -0.2) is 0 Å². The molecule has 2 heterocycles. The number of fused-ring (bicyclic) bond motifs is 1. The minimum Gasteiger partial charge on any atom is -0.481 e. The van der Waals surface area contributed by atoms with Gasteiger partial charge in [-0.2, -0.15) is 0 Å². The van der Waals surface area contributed by atoms with Crippen LogP contribution in [0.2, 0.25) is 0 Å². The molecule has 1 fully saturated rings. The largest absolute Gasteiger partial charge is 0.481 e. The molecule has 1 aromatic rings. The van der Waals surface area contributed by atoms with E-state index in [-0.39, 0.29) is 17.7 Å². The minimum absolute atomic E-state index is 0.234. The summed E-state index contributed by atoms with van der Waals surface area (Å²) in [6.45, 7) is 2.19. The first-order valence-electron chi connectivity index (χ1n) is 6.98. The molecule has 6 nitrogen and oxygen atoms in total. The highest BCUT2D eigenvalue weighted by molar-refractivity contribution is 6.21. The number of hydrogen-bond donors (Lipinski definition) is 1. The van der Waals surface area contributed by atoms with Gasteiger partial charge in [0.1, 0.15) is 0 Å². The Hall–Kier alpha value is -2.21. The van der Waals surface area contributed by atoms with Crippen LogP contribution in [0.4, 0.5) is 0 Å². The van der Waals surface area contributed by atoms with Crippen LogP contribution >= 0.6 is 0 Å². The van der Waals surface area contributed by atoms with Gasteiger partial charge in [0, 0.05) is 19.6 Å². The molecule has 0 bridgehead atoms. The second-order valence-electron chi connectivity index (χ2n) is 5.46. The summed E-state index contributed by atoms with van der Waals surface area (Å²) < 4.78 is 0. The summed E-state index contributed by atoms with van der Waals surface area (Å²) in [7, 11) is 0. The molecule has 0 atom stereocenters. The maximum absolute atomic E-state index is 12.1. The van der Waals surface area contributed by atoms with Crippen molar-refractivity contribution in [3.05, 3.63) is 35.4 Å². The average molecular weight is 288 g/mol. The first-order chi connectivity index (χ1) is 10.1. The molecule has 2 aliphatic heterocycles. The third-order valence-electron chi connectivity index (χ3n) is 4.04. The van der Waals surface area contributed by atoms with Crippen molar-refractivity contribution in [1.29, 1.82) is 0 Å². The molecular formula is C15H16N2O4. The van der Waals surface area contributed by atoms with E-state index >= 15 is 0 Å². The fourth-order valence-corrected chi connectivity index (χ4v) is 2.80. The van der Waals surface area contributed by atoms with E-state index in [2.05, 4.69) is 0 Å². The second-order valence-corrected chi connectivity index (χ2v) is 5.46. The van der Waals surface area contributed by atoms with Gasteiger partial charge >= 0.3 is 5.97 Å². The van der Waals surface area contributed by atoms with Crippen molar-refractivity contribution in [3.8, 4) is 0 Å². The van der Waals surface area contributed by atoms with Crippen LogP contribution in [0.15, 0.2) is 24.3 Å². The standard InChI is InChI=1S/C15H16N2O4/c18-13-11-4-1-2-5-12(11)14(19)17(13)7-3-6-16-8-10(9-16)15(20)21/h1-2,4-5,10H,3,6-9H2,(H,20,21). The summed E-state index contributed by atoms with van der Waals surface area (Å²) in [4.78, 5) is 38.2. The van der Waals surface area contributed by atoms with Gasteiger partial charge < -0.3 is 10.0 Å². The number of amides is 2. The van der Waals surface area contributed by atoms with E-state index in [1.807, 2.05) is 4.90 Å². The van der Waals surface area contributed by atoms with Gasteiger partial charge in [-0.3, -0.25) is 19.3 Å². The lowest BCUT2D eigenvalue weighted by molar-refractivity contribution is -0.147. The summed E-state index contributed by atoms with van der Waals surface area (Å²) in [6.07, 6.45) is 0.664. The zero-order chi connectivity index (χ0) is 15.0. The van der Waals surface area contributed by atoms with E-state index < -0.39 is 5.97 Å². The molecule has 21 heavy (non-hydrogen) atoms. The molecule has 3 rings (SSSR count). The molecule has 0 spiro atoms. The van der Waals surface area contributed by atoms with E-state index in [1.165, 1.54) is 4.90 Å². The van der Waals surface area contributed by atoms with Gasteiger partial charge in [0.05, 0.1) is 17.0 Å². The number of carbonyl (C=O) groups is 3. The number of imide groups is 1. The van der Waals surface area contributed by atoms with Gasteiger partial charge in [-0.15, -0.1) is 0 Å². The molecule has 6 heteroatoms. The lowest BCUT2D eigenvalue weighted by Gasteiger charge is -2.36. The zero-order valence-electron chi connectivity index (χ0n) is 11.5. The lowest BCUT2D eigenvalue weighted by atomic mass is 10.0. The van der Waals surface area contributed by atoms with Crippen LogP contribution in [0.3, 0.4) is 0 Å². The highest BCUT2D eigenvalue weighted by Gasteiger charge is 2.35. The Morgan fingerprint density at radius 3 is 2.19 bits per heavy atom. The van der Waals surface area contributed by atoms with Crippen molar-refractivity contribution < 1.29 is 19.5 Å². The Morgan fingerprint density at radius 1 is 1.10 bits per heavy atom. The van der Waals surface area contributed by atoms with Crippen molar-refractivity contribution in [2.24, 2.45) is 5.92 Å². The minimum atomic E-state index is -0.758. The number of rotatable bonds is 5. The third kappa shape index (κ3) is 2.42. The number of nitrogens with zero attached hydrogens (tertiary/aromatic N) is 2. The first-order valence-corrected chi connectivity index (χ1v) is 6.98. The van der Waals surface area contributed by atoms with Crippen LogP contribution in [-0.2, 0) is 4.79 Å².